The molecule has 2 rings (SSSR count). The summed E-state index contributed by atoms with van der Waals surface area (Å²) in [7, 11) is 1.77. The molecular weight excluding hydrogens is 481 g/mol. The van der Waals surface area contributed by atoms with E-state index in [1.54, 1.807) is 7.05 Å². The van der Waals surface area contributed by atoms with Crippen LogP contribution in [0.25, 0.3) is 0 Å². The van der Waals surface area contributed by atoms with Crippen molar-refractivity contribution in [2.45, 2.75) is 59.4 Å². The van der Waals surface area contributed by atoms with Crippen molar-refractivity contribution >= 4 is 29.9 Å². The minimum atomic E-state index is 0. The van der Waals surface area contributed by atoms with Crippen molar-refractivity contribution in [1.29, 1.82) is 0 Å². The van der Waals surface area contributed by atoms with Crippen molar-refractivity contribution in [3.05, 3.63) is 41.0 Å². The van der Waals surface area contributed by atoms with Gasteiger partial charge in [0.25, 0.3) is 0 Å². The Kier molecular flexibility index (Phi) is 12.3. The van der Waals surface area contributed by atoms with E-state index in [1.807, 2.05) is 6.92 Å². The maximum atomic E-state index is 6.01. The Morgan fingerprint density at radius 1 is 1.17 bits per heavy atom. The minimum Gasteiger partial charge on any atom is -0.493 e. The highest BCUT2D eigenvalue weighted by Crippen LogP contribution is 2.20. The van der Waals surface area contributed by atoms with E-state index < -0.39 is 0 Å². The van der Waals surface area contributed by atoms with Crippen molar-refractivity contribution in [1.82, 2.24) is 20.8 Å². The summed E-state index contributed by atoms with van der Waals surface area (Å²) in [5, 5.41) is 10.5. The number of aliphatic imine (C=N–C) groups is 1. The third-order valence-corrected chi connectivity index (χ3v) is 4.33. The number of unbranched alkanes of at least 4 members (excludes halogenated alkanes) is 2. The van der Waals surface area contributed by atoms with Crippen molar-refractivity contribution in [3.8, 4) is 5.75 Å². The van der Waals surface area contributed by atoms with Crippen LogP contribution in [0, 0.1) is 13.8 Å². The lowest BCUT2D eigenvalue weighted by Gasteiger charge is -2.15. The molecule has 0 fully saturated rings. The van der Waals surface area contributed by atoms with E-state index in [9.17, 15) is 0 Å². The zero-order chi connectivity index (χ0) is 20.2. The normalized spacial score (nSPS) is 11.1. The average molecular weight is 515 g/mol. The largest absolute Gasteiger partial charge is 0.493 e. The fourth-order valence-electron chi connectivity index (χ4n) is 2.76. The molecule has 0 unspecified atom stereocenters. The zero-order valence-corrected chi connectivity index (χ0v) is 20.3. The maximum absolute atomic E-state index is 6.01. The number of hydrogen-bond acceptors (Lipinski definition) is 5. The van der Waals surface area contributed by atoms with Crippen molar-refractivity contribution < 1.29 is 9.26 Å². The van der Waals surface area contributed by atoms with Crippen molar-refractivity contribution in [2.24, 2.45) is 4.99 Å². The highest BCUT2D eigenvalue weighted by atomic mass is 127. The predicted molar refractivity (Wildman–Crippen MR) is 127 cm³/mol. The summed E-state index contributed by atoms with van der Waals surface area (Å²) in [6.45, 7) is 8.29. The van der Waals surface area contributed by atoms with Crippen LogP contribution in [0.2, 0.25) is 0 Å². The van der Waals surface area contributed by atoms with Gasteiger partial charge < -0.3 is 19.9 Å². The Morgan fingerprint density at radius 3 is 2.69 bits per heavy atom. The number of aromatic nitrogens is 2. The van der Waals surface area contributed by atoms with Gasteiger partial charge in [-0.25, -0.2) is 0 Å². The van der Waals surface area contributed by atoms with Gasteiger partial charge in [0, 0.05) is 32.1 Å². The molecule has 7 nitrogen and oxygen atoms in total. The number of ether oxygens (including phenoxy) is 1. The standard InChI is InChI=1S/C21H33N5O2.HI/c1-5-6-7-13-27-19-14-16(2)10-11-18(19)15-24-21(22-4)23-12-8-9-20-25-17(3)26-28-20;/h10-11,14H,5-9,12-13,15H2,1-4H3,(H2,22,23,24);1H. The molecule has 29 heavy (non-hydrogen) atoms. The summed E-state index contributed by atoms with van der Waals surface area (Å²) in [5.74, 6) is 3.06. The van der Waals surface area contributed by atoms with Crippen LogP contribution in [-0.2, 0) is 13.0 Å². The number of halogens is 1. The molecule has 162 valence electrons. The van der Waals surface area contributed by atoms with E-state index in [0.717, 1.165) is 49.7 Å². The van der Waals surface area contributed by atoms with Crippen LogP contribution in [0.3, 0.4) is 0 Å². The van der Waals surface area contributed by atoms with E-state index in [1.165, 1.54) is 18.4 Å². The molecule has 0 saturated carbocycles. The molecule has 2 N–H and O–H groups in total. The highest BCUT2D eigenvalue weighted by Gasteiger charge is 2.07. The number of aryl methyl sites for hydroxylation is 3. The first-order valence-corrected chi connectivity index (χ1v) is 10.1. The van der Waals surface area contributed by atoms with Gasteiger partial charge in [0.1, 0.15) is 5.75 Å². The summed E-state index contributed by atoms with van der Waals surface area (Å²) < 4.78 is 11.1. The van der Waals surface area contributed by atoms with Gasteiger partial charge >= 0.3 is 0 Å². The Hall–Kier alpha value is -1.84. The molecule has 1 heterocycles. The van der Waals surface area contributed by atoms with E-state index in [-0.39, 0.29) is 24.0 Å². The van der Waals surface area contributed by atoms with E-state index >= 15 is 0 Å². The SMILES string of the molecule is CCCCCOc1cc(C)ccc1CNC(=NC)NCCCc1nc(C)no1.I. The first-order chi connectivity index (χ1) is 13.6. The summed E-state index contributed by atoms with van der Waals surface area (Å²) in [6, 6.07) is 6.33. The fourth-order valence-corrected chi connectivity index (χ4v) is 2.76. The van der Waals surface area contributed by atoms with Gasteiger partial charge in [-0.3, -0.25) is 4.99 Å². The number of hydrogen-bond donors (Lipinski definition) is 2. The van der Waals surface area contributed by atoms with Crippen molar-refractivity contribution in [2.75, 3.05) is 20.2 Å². The molecule has 0 radical (unpaired) electrons. The van der Waals surface area contributed by atoms with Crippen LogP contribution in [0.15, 0.2) is 27.7 Å². The number of nitrogens with one attached hydrogen (secondary N) is 2. The molecule has 1 aromatic heterocycles. The fraction of sp³-hybridized carbons (Fsp3) is 0.571. The smallest absolute Gasteiger partial charge is 0.226 e. The first kappa shape index (κ1) is 25.2. The number of rotatable bonds is 11. The average Bonchev–Trinajstić information content (AvgIpc) is 3.11. The van der Waals surface area contributed by atoms with Gasteiger partial charge in [0.15, 0.2) is 11.8 Å². The molecule has 2 aromatic rings. The zero-order valence-electron chi connectivity index (χ0n) is 18.0. The van der Waals surface area contributed by atoms with Crippen LogP contribution in [0.4, 0.5) is 0 Å². The van der Waals surface area contributed by atoms with Gasteiger partial charge in [-0.1, -0.05) is 37.1 Å². The third-order valence-electron chi connectivity index (χ3n) is 4.33. The maximum Gasteiger partial charge on any atom is 0.226 e. The quantitative estimate of drug-likeness (QED) is 0.202. The lowest BCUT2D eigenvalue weighted by atomic mass is 10.1. The van der Waals surface area contributed by atoms with Gasteiger partial charge in [-0.15, -0.1) is 24.0 Å². The van der Waals surface area contributed by atoms with Gasteiger partial charge in [-0.05, 0) is 38.3 Å². The second-order valence-electron chi connectivity index (χ2n) is 6.86. The monoisotopic (exact) mass is 515 g/mol. The third kappa shape index (κ3) is 9.47. The molecule has 0 atom stereocenters. The molecule has 0 amide bonds. The first-order valence-electron chi connectivity index (χ1n) is 10.1. The van der Waals surface area contributed by atoms with Gasteiger partial charge in [-0.2, -0.15) is 4.98 Å². The lowest BCUT2D eigenvalue weighted by Crippen LogP contribution is -2.37. The molecule has 0 saturated heterocycles. The second-order valence-corrected chi connectivity index (χ2v) is 6.86. The predicted octanol–water partition coefficient (Wildman–Crippen LogP) is 4.17. The van der Waals surface area contributed by atoms with E-state index in [0.29, 0.717) is 18.3 Å². The van der Waals surface area contributed by atoms with E-state index in [2.05, 4.69) is 57.8 Å². The molecule has 0 aliphatic rings. The molecule has 0 bridgehead atoms. The molecular formula is C21H34IN5O2. The molecule has 0 spiro atoms. The summed E-state index contributed by atoms with van der Waals surface area (Å²) >= 11 is 0. The number of nitrogens with zero attached hydrogens (tertiary/aromatic N) is 3. The minimum absolute atomic E-state index is 0. The summed E-state index contributed by atoms with van der Waals surface area (Å²) in [6.07, 6.45) is 5.11. The Bertz CT molecular complexity index is 748. The van der Waals surface area contributed by atoms with Gasteiger partial charge in [0.2, 0.25) is 5.89 Å². The van der Waals surface area contributed by atoms with Crippen molar-refractivity contribution in [3.63, 3.8) is 0 Å². The van der Waals surface area contributed by atoms with Crippen LogP contribution in [0.5, 0.6) is 5.75 Å². The molecule has 8 heteroatoms. The molecule has 1 aromatic carbocycles. The van der Waals surface area contributed by atoms with Crippen LogP contribution in [0.1, 0.15) is 55.4 Å². The van der Waals surface area contributed by atoms with Gasteiger partial charge in [0.05, 0.1) is 6.61 Å². The highest BCUT2D eigenvalue weighted by molar-refractivity contribution is 14.0. The topological polar surface area (TPSA) is 84.6 Å². The summed E-state index contributed by atoms with van der Waals surface area (Å²) in [5.41, 5.74) is 2.33. The molecule has 0 aliphatic heterocycles. The van der Waals surface area contributed by atoms with E-state index in [4.69, 9.17) is 9.26 Å². The summed E-state index contributed by atoms with van der Waals surface area (Å²) in [4.78, 5) is 8.50. The van der Waals surface area contributed by atoms with Crippen LogP contribution < -0.4 is 15.4 Å². The Balaban J connectivity index is 0.00000420. The van der Waals surface area contributed by atoms with Crippen LogP contribution >= 0.6 is 24.0 Å². The Labute approximate surface area is 191 Å². The lowest BCUT2D eigenvalue weighted by molar-refractivity contribution is 0.303. The number of guanidine groups is 1. The Morgan fingerprint density at radius 2 is 2.00 bits per heavy atom. The second kappa shape index (κ2) is 14.2. The van der Waals surface area contributed by atoms with Crippen LogP contribution in [-0.4, -0.2) is 36.3 Å². The molecule has 0 aliphatic carbocycles. The number of benzene rings is 1.